The Labute approximate surface area is 151 Å². The molecule has 0 aliphatic rings. The van der Waals surface area contributed by atoms with Gasteiger partial charge in [-0.15, -0.1) is 0 Å². The molecular formula is C18H23N3O5. The summed E-state index contributed by atoms with van der Waals surface area (Å²) in [6, 6.07) is 7.47. The Hall–Kier alpha value is -2.39. The maximum absolute atomic E-state index is 11.6. The summed E-state index contributed by atoms with van der Waals surface area (Å²) in [6.45, 7) is 3.38. The van der Waals surface area contributed by atoms with Gasteiger partial charge in [-0.3, -0.25) is 9.78 Å². The molecule has 0 aliphatic heterocycles. The molecule has 0 saturated heterocycles. The zero-order valence-corrected chi connectivity index (χ0v) is 14.6. The highest BCUT2D eigenvalue weighted by atomic mass is 16.6. The molecule has 0 saturated carbocycles. The van der Waals surface area contributed by atoms with Gasteiger partial charge in [0.05, 0.1) is 33.0 Å². The summed E-state index contributed by atoms with van der Waals surface area (Å²) < 4.78 is 15.9. The Morgan fingerprint density at radius 3 is 2.58 bits per heavy atom. The lowest BCUT2D eigenvalue weighted by atomic mass is 10.0. The molecule has 1 unspecified atom stereocenters. The fourth-order valence-corrected chi connectivity index (χ4v) is 2.27. The Bertz CT molecular complexity index is 709. The average molecular weight is 361 g/mol. The summed E-state index contributed by atoms with van der Waals surface area (Å²) >= 11 is 0. The number of aliphatic hydroxyl groups is 1. The number of hydrogen-bond acceptors (Lipinski definition) is 7. The zero-order chi connectivity index (χ0) is 18.8. The summed E-state index contributed by atoms with van der Waals surface area (Å²) in [5.74, 6) is -0.628. The van der Waals surface area contributed by atoms with Crippen molar-refractivity contribution in [3.63, 3.8) is 0 Å². The van der Waals surface area contributed by atoms with Gasteiger partial charge in [0.1, 0.15) is 5.69 Å². The number of carbonyl (C=O) groups excluding carboxylic acids is 1. The predicted octanol–water partition coefficient (Wildman–Crippen LogP) is 1.13. The van der Waals surface area contributed by atoms with Crippen LogP contribution in [-0.4, -0.2) is 53.7 Å². The minimum absolute atomic E-state index is 0.126. The maximum atomic E-state index is 11.6. The molecule has 1 aromatic heterocycles. The summed E-state index contributed by atoms with van der Waals surface area (Å²) in [6.07, 6.45) is 2.15. The lowest BCUT2D eigenvalue weighted by Crippen LogP contribution is -2.16. The van der Waals surface area contributed by atoms with E-state index in [1.165, 1.54) is 12.4 Å². The fraction of sp³-hybridized carbons (Fsp3) is 0.389. The van der Waals surface area contributed by atoms with Crippen molar-refractivity contribution in [3.8, 4) is 11.3 Å². The van der Waals surface area contributed by atoms with Crippen molar-refractivity contribution in [3.05, 3.63) is 47.9 Å². The van der Waals surface area contributed by atoms with Crippen LogP contribution in [0.1, 0.15) is 23.0 Å². The molecular weight excluding hydrogens is 338 g/mol. The van der Waals surface area contributed by atoms with Crippen LogP contribution < -0.4 is 5.73 Å². The first-order chi connectivity index (χ1) is 12.6. The maximum Gasteiger partial charge on any atom is 0.269 e. The fourth-order valence-electron chi connectivity index (χ4n) is 2.27. The molecule has 3 N–H and O–H groups in total. The van der Waals surface area contributed by atoms with Crippen molar-refractivity contribution in [2.75, 3.05) is 26.4 Å². The molecule has 0 fully saturated rings. The Morgan fingerprint density at radius 2 is 1.81 bits per heavy atom. The van der Waals surface area contributed by atoms with Crippen LogP contribution in [0.2, 0.25) is 0 Å². The second-order valence-electron chi connectivity index (χ2n) is 5.41. The van der Waals surface area contributed by atoms with Crippen LogP contribution in [0.4, 0.5) is 0 Å². The van der Waals surface area contributed by atoms with Gasteiger partial charge in [-0.2, -0.15) is 0 Å². The molecule has 0 bridgehead atoms. The number of amides is 1. The third kappa shape index (κ3) is 6.16. The Morgan fingerprint density at radius 1 is 1.12 bits per heavy atom. The third-order valence-corrected chi connectivity index (χ3v) is 3.42. The average Bonchev–Trinajstić information content (AvgIpc) is 2.64. The van der Waals surface area contributed by atoms with Gasteiger partial charge in [0.25, 0.3) is 5.91 Å². The third-order valence-electron chi connectivity index (χ3n) is 3.42. The lowest BCUT2D eigenvalue weighted by molar-refractivity contribution is -0.102. The number of aromatic nitrogens is 2. The van der Waals surface area contributed by atoms with Crippen LogP contribution in [0.3, 0.4) is 0 Å². The van der Waals surface area contributed by atoms with Crippen molar-refractivity contribution in [1.29, 1.82) is 0 Å². The molecule has 1 aromatic carbocycles. The van der Waals surface area contributed by atoms with Gasteiger partial charge in [-0.1, -0.05) is 24.3 Å². The van der Waals surface area contributed by atoms with Crippen molar-refractivity contribution in [1.82, 2.24) is 9.97 Å². The summed E-state index contributed by atoms with van der Waals surface area (Å²) in [7, 11) is 0. The molecule has 0 radical (unpaired) electrons. The molecule has 1 heterocycles. The van der Waals surface area contributed by atoms with E-state index in [0.29, 0.717) is 38.7 Å². The minimum atomic E-state index is -0.794. The first-order valence-corrected chi connectivity index (χ1v) is 8.24. The number of benzene rings is 1. The highest BCUT2D eigenvalue weighted by Gasteiger charge is 2.15. The van der Waals surface area contributed by atoms with Gasteiger partial charge in [0, 0.05) is 18.0 Å². The molecule has 140 valence electrons. The number of nitrogens with zero attached hydrogens (tertiary/aromatic N) is 2. The zero-order valence-electron chi connectivity index (χ0n) is 14.6. The second-order valence-corrected chi connectivity index (χ2v) is 5.41. The standard InChI is InChI=1S/C18H23N3O5/c1-13(22)26-11-10-24-8-9-25-12-14-4-2-3-5-15(14)16-17(18(19)23)21-7-6-20-16/h2-7,13,22H,8-12H2,1H3,(H2,19,23). The smallest absolute Gasteiger partial charge is 0.269 e. The summed E-state index contributed by atoms with van der Waals surface area (Å²) in [4.78, 5) is 19.8. The number of ether oxygens (including phenoxy) is 3. The normalized spacial score (nSPS) is 12.1. The van der Waals surface area contributed by atoms with Crippen molar-refractivity contribution >= 4 is 5.91 Å². The van der Waals surface area contributed by atoms with E-state index in [9.17, 15) is 4.79 Å². The quantitative estimate of drug-likeness (QED) is 0.455. The van der Waals surface area contributed by atoms with E-state index < -0.39 is 12.2 Å². The number of nitrogens with two attached hydrogens (primary N) is 1. The van der Waals surface area contributed by atoms with E-state index in [4.69, 9.17) is 25.1 Å². The number of hydrogen-bond donors (Lipinski definition) is 2. The van der Waals surface area contributed by atoms with Crippen molar-refractivity contribution < 1.29 is 24.1 Å². The van der Waals surface area contributed by atoms with E-state index in [1.807, 2.05) is 24.3 Å². The van der Waals surface area contributed by atoms with Crippen molar-refractivity contribution in [2.45, 2.75) is 19.8 Å². The predicted molar refractivity (Wildman–Crippen MR) is 94.1 cm³/mol. The van der Waals surface area contributed by atoms with Gasteiger partial charge in [-0.05, 0) is 12.5 Å². The van der Waals surface area contributed by atoms with Crippen LogP contribution in [0.25, 0.3) is 11.3 Å². The van der Waals surface area contributed by atoms with E-state index in [-0.39, 0.29) is 5.69 Å². The molecule has 0 spiro atoms. The monoisotopic (exact) mass is 361 g/mol. The molecule has 8 nitrogen and oxygen atoms in total. The van der Waals surface area contributed by atoms with E-state index >= 15 is 0 Å². The first-order valence-electron chi connectivity index (χ1n) is 8.24. The number of rotatable bonds is 11. The minimum Gasteiger partial charge on any atom is -0.377 e. The lowest BCUT2D eigenvalue weighted by Gasteiger charge is -2.12. The Kier molecular flexibility index (Phi) is 8.10. The van der Waals surface area contributed by atoms with Crippen LogP contribution >= 0.6 is 0 Å². The Balaban J connectivity index is 1.89. The second kappa shape index (κ2) is 10.6. The van der Waals surface area contributed by atoms with Gasteiger partial charge >= 0.3 is 0 Å². The van der Waals surface area contributed by atoms with Crippen molar-refractivity contribution in [2.24, 2.45) is 5.73 Å². The highest BCUT2D eigenvalue weighted by Crippen LogP contribution is 2.24. The van der Waals surface area contributed by atoms with Crippen LogP contribution in [0.15, 0.2) is 36.7 Å². The SMILES string of the molecule is CC(O)OCCOCCOCc1ccccc1-c1nccnc1C(N)=O. The summed E-state index contributed by atoms with van der Waals surface area (Å²) in [5, 5.41) is 8.95. The van der Waals surface area contributed by atoms with E-state index in [2.05, 4.69) is 9.97 Å². The molecule has 8 heteroatoms. The number of carbonyl (C=O) groups is 1. The molecule has 2 aromatic rings. The van der Waals surface area contributed by atoms with E-state index in [0.717, 1.165) is 11.1 Å². The first kappa shape index (κ1) is 19.9. The van der Waals surface area contributed by atoms with Gasteiger partial charge in [0.15, 0.2) is 12.0 Å². The molecule has 2 rings (SSSR count). The molecule has 1 amide bonds. The van der Waals surface area contributed by atoms with Crippen LogP contribution in [0, 0.1) is 0 Å². The summed E-state index contributed by atoms with van der Waals surface area (Å²) in [5.41, 5.74) is 7.57. The highest BCUT2D eigenvalue weighted by molar-refractivity contribution is 5.97. The van der Waals surface area contributed by atoms with Gasteiger partial charge in [0.2, 0.25) is 0 Å². The van der Waals surface area contributed by atoms with Gasteiger partial charge in [-0.25, -0.2) is 4.98 Å². The molecule has 1 atom stereocenters. The topological polar surface area (TPSA) is 117 Å². The molecule has 0 aliphatic carbocycles. The number of aliphatic hydroxyl groups excluding tert-OH is 1. The molecule has 26 heavy (non-hydrogen) atoms. The largest absolute Gasteiger partial charge is 0.377 e. The van der Waals surface area contributed by atoms with Crippen LogP contribution in [0.5, 0.6) is 0 Å². The van der Waals surface area contributed by atoms with Crippen LogP contribution in [-0.2, 0) is 20.8 Å². The van der Waals surface area contributed by atoms with Gasteiger partial charge < -0.3 is 25.1 Å². The van der Waals surface area contributed by atoms with E-state index in [1.54, 1.807) is 6.92 Å². The number of primary amides is 1.